The molecule has 1 aliphatic carbocycles. The van der Waals surface area contributed by atoms with Gasteiger partial charge in [-0.15, -0.1) is 22.7 Å². The van der Waals surface area contributed by atoms with Crippen LogP contribution in [-0.4, -0.2) is 23.0 Å². The quantitative estimate of drug-likeness (QED) is 0.495. The molecule has 0 saturated heterocycles. The minimum absolute atomic E-state index is 0.249. The number of thiazole rings is 1. The number of methoxy groups -OCH3 is 1. The number of anilines is 2. The van der Waals surface area contributed by atoms with Gasteiger partial charge in [0, 0.05) is 22.0 Å². The SMILES string of the molecule is COc1ccc(-c2csc(NC(=O)c3sc4nc5c(cc4c3N)CCC5)n2)cc1. The standard InChI is InChI=1S/C21H18N4O2S2/c1-27-13-7-5-11(6-8-13)16-10-28-21(24-16)25-19(26)18-17(22)14-9-12-3-2-4-15(12)23-20(14)29-18/h5-10H,2-4,22H2,1H3,(H,24,25,26). The molecule has 0 saturated carbocycles. The summed E-state index contributed by atoms with van der Waals surface area (Å²) in [6, 6.07) is 9.74. The molecule has 0 fully saturated rings. The summed E-state index contributed by atoms with van der Waals surface area (Å²) in [5.41, 5.74) is 10.9. The van der Waals surface area contributed by atoms with E-state index in [1.807, 2.05) is 29.6 Å². The molecule has 0 aliphatic heterocycles. The summed E-state index contributed by atoms with van der Waals surface area (Å²) in [4.78, 5) is 23.4. The van der Waals surface area contributed by atoms with E-state index in [2.05, 4.69) is 16.4 Å². The van der Waals surface area contributed by atoms with Crippen molar-refractivity contribution in [3.8, 4) is 17.0 Å². The first kappa shape index (κ1) is 18.1. The Morgan fingerprint density at radius 1 is 1.21 bits per heavy atom. The lowest BCUT2D eigenvalue weighted by Gasteiger charge is -2.01. The minimum Gasteiger partial charge on any atom is -0.497 e. The van der Waals surface area contributed by atoms with Gasteiger partial charge in [0.15, 0.2) is 5.13 Å². The van der Waals surface area contributed by atoms with Gasteiger partial charge in [-0.1, -0.05) is 0 Å². The largest absolute Gasteiger partial charge is 0.497 e. The van der Waals surface area contributed by atoms with Crippen molar-refractivity contribution in [2.75, 3.05) is 18.2 Å². The lowest BCUT2D eigenvalue weighted by Crippen LogP contribution is -2.11. The van der Waals surface area contributed by atoms with E-state index in [1.165, 1.54) is 28.2 Å². The molecule has 4 aromatic rings. The Morgan fingerprint density at radius 3 is 2.83 bits per heavy atom. The number of hydrogen-bond donors (Lipinski definition) is 2. The summed E-state index contributed by atoms with van der Waals surface area (Å²) in [6.45, 7) is 0. The second kappa shape index (κ2) is 7.13. The smallest absolute Gasteiger partial charge is 0.269 e. The lowest BCUT2D eigenvalue weighted by atomic mass is 10.1. The molecule has 1 amide bonds. The molecule has 3 N–H and O–H groups in total. The van der Waals surface area contributed by atoms with Crippen molar-refractivity contribution in [1.29, 1.82) is 0 Å². The summed E-state index contributed by atoms with van der Waals surface area (Å²) in [5, 5.41) is 6.20. The highest BCUT2D eigenvalue weighted by Crippen LogP contribution is 2.36. The Hall–Kier alpha value is -2.97. The summed E-state index contributed by atoms with van der Waals surface area (Å²) < 4.78 is 5.18. The molecule has 0 unspecified atom stereocenters. The molecule has 0 atom stereocenters. The van der Waals surface area contributed by atoms with Crippen molar-refractivity contribution in [2.24, 2.45) is 0 Å². The number of amides is 1. The highest BCUT2D eigenvalue weighted by molar-refractivity contribution is 7.21. The van der Waals surface area contributed by atoms with Gasteiger partial charge in [0.1, 0.15) is 15.5 Å². The molecule has 1 aliphatic rings. The zero-order valence-electron chi connectivity index (χ0n) is 15.7. The van der Waals surface area contributed by atoms with Crippen molar-refractivity contribution in [1.82, 2.24) is 9.97 Å². The van der Waals surface area contributed by atoms with Crippen LogP contribution in [0.2, 0.25) is 0 Å². The third-order valence-corrected chi connectivity index (χ3v) is 6.94. The first-order valence-corrected chi connectivity index (χ1v) is 10.9. The van der Waals surface area contributed by atoms with E-state index in [0.29, 0.717) is 15.7 Å². The van der Waals surface area contributed by atoms with Crippen LogP contribution in [0.25, 0.3) is 21.5 Å². The van der Waals surface area contributed by atoms with E-state index in [0.717, 1.165) is 52.2 Å². The maximum atomic E-state index is 12.8. The van der Waals surface area contributed by atoms with Crippen LogP contribution in [0.4, 0.5) is 10.8 Å². The molecule has 29 heavy (non-hydrogen) atoms. The van der Waals surface area contributed by atoms with Crippen molar-refractivity contribution < 1.29 is 9.53 Å². The first-order chi connectivity index (χ1) is 14.1. The number of nitrogens with zero attached hydrogens (tertiary/aromatic N) is 2. The fraction of sp³-hybridized carbons (Fsp3) is 0.190. The monoisotopic (exact) mass is 422 g/mol. The number of carbonyl (C=O) groups excluding carboxylic acids is 1. The van der Waals surface area contributed by atoms with Crippen LogP contribution in [0.3, 0.4) is 0 Å². The number of carbonyl (C=O) groups is 1. The number of nitrogen functional groups attached to an aromatic ring is 1. The summed E-state index contributed by atoms with van der Waals surface area (Å²) in [5.74, 6) is 0.540. The maximum absolute atomic E-state index is 12.8. The van der Waals surface area contributed by atoms with Gasteiger partial charge in [0.2, 0.25) is 0 Å². The Morgan fingerprint density at radius 2 is 2.03 bits per heavy atom. The molecular weight excluding hydrogens is 404 g/mol. The molecule has 5 rings (SSSR count). The van der Waals surface area contributed by atoms with Crippen LogP contribution in [0.1, 0.15) is 27.3 Å². The number of pyridine rings is 1. The third-order valence-electron chi connectivity index (χ3n) is 5.07. The highest BCUT2D eigenvalue weighted by atomic mass is 32.1. The number of rotatable bonds is 4. The molecule has 1 aromatic carbocycles. The zero-order chi connectivity index (χ0) is 20.0. The van der Waals surface area contributed by atoms with Crippen molar-refractivity contribution in [3.05, 3.63) is 51.8 Å². The Labute approximate surface area is 175 Å². The summed E-state index contributed by atoms with van der Waals surface area (Å²) >= 11 is 2.72. The van der Waals surface area contributed by atoms with Gasteiger partial charge in [-0.2, -0.15) is 0 Å². The van der Waals surface area contributed by atoms with Gasteiger partial charge < -0.3 is 10.5 Å². The van der Waals surface area contributed by atoms with E-state index in [9.17, 15) is 4.79 Å². The number of aryl methyl sites for hydroxylation is 2. The lowest BCUT2D eigenvalue weighted by molar-refractivity contribution is 0.103. The van der Waals surface area contributed by atoms with E-state index >= 15 is 0 Å². The second-order valence-corrected chi connectivity index (χ2v) is 8.72. The molecule has 0 radical (unpaired) electrons. The van der Waals surface area contributed by atoms with Crippen molar-refractivity contribution in [2.45, 2.75) is 19.3 Å². The molecule has 3 heterocycles. The van der Waals surface area contributed by atoms with Gasteiger partial charge >= 0.3 is 0 Å². The van der Waals surface area contributed by atoms with Crippen LogP contribution < -0.4 is 15.8 Å². The highest BCUT2D eigenvalue weighted by Gasteiger charge is 2.21. The van der Waals surface area contributed by atoms with E-state index in [1.54, 1.807) is 7.11 Å². The molecule has 146 valence electrons. The number of fused-ring (bicyclic) bond motifs is 2. The van der Waals surface area contributed by atoms with Crippen LogP contribution >= 0.6 is 22.7 Å². The predicted octanol–water partition coefficient (Wildman–Crippen LogP) is 4.75. The Balaban J connectivity index is 1.39. The van der Waals surface area contributed by atoms with Gasteiger partial charge in [-0.05, 0) is 55.2 Å². The first-order valence-electron chi connectivity index (χ1n) is 9.24. The van der Waals surface area contributed by atoms with Crippen molar-refractivity contribution in [3.63, 3.8) is 0 Å². The van der Waals surface area contributed by atoms with Crippen LogP contribution in [-0.2, 0) is 12.8 Å². The molecule has 8 heteroatoms. The number of thiophene rings is 1. The van der Waals surface area contributed by atoms with E-state index in [-0.39, 0.29) is 5.91 Å². The average Bonchev–Trinajstić information content (AvgIpc) is 3.46. The van der Waals surface area contributed by atoms with Crippen molar-refractivity contribution >= 4 is 49.6 Å². The molecule has 0 spiro atoms. The number of nitrogens with one attached hydrogen (secondary N) is 1. The number of nitrogens with two attached hydrogens (primary N) is 1. The Kier molecular flexibility index (Phi) is 4.44. The fourth-order valence-corrected chi connectivity index (χ4v) is 5.25. The van der Waals surface area contributed by atoms with Crippen LogP contribution in [0.5, 0.6) is 5.75 Å². The third kappa shape index (κ3) is 3.24. The number of aromatic nitrogens is 2. The van der Waals surface area contributed by atoms with Crippen LogP contribution in [0.15, 0.2) is 35.7 Å². The number of benzene rings is 1. The summed E-state index contributed by atoms with van der Waals surface area (Å²) in [6.07, 6.45) is 3.16. The number of ether oxygens (including phenoxy) is 1. The van der Waals surface area contributed by atoms with Gasteiger partial charge in [0.25, 0.3) is 5.91 Å². The van der Waals surface area contributed by atoms with E-state index in [4.69, 9.17) is 15.5 Å². The topological polar surface area (TPSA) is 90.1 Å². The normalized spacial score (nSPS) is 12.9. The minimum atomic E-state index is -0.249. The fourth-order valence-electron chi connectivity index (χ4n) is 3.55. The van der Waals surface area contributed by atoms with Gasteiger partial charge in [-0.3, -0.25) is 10.1 Å². The molecule has 6 nitrogen and oxygen atoms in total. The molecule has 3 aromatic heterocycles. The van der Waals surface area contributed by atoms with Crippen LogP contribution in [0, 0.1) is 0 Å². The Bertz CT molecular complexity index is 1230. The average molecular weight is 423 g/mol. The molecule has 0 bridgehead atoms. The zero-order valence-corrected chi connectivity index (χ0v) is 17.3. The summed E-state index contributed by atoms with van der Waals surface area (Å²) in [7, 11) is 1.63. The second-order valence-electron chi connectivity index (χ2n) is 6.87. The predicted molar refractivity (Wildman–Crippen MR) is 118 cm³/mol. The van der Waals surface area contributed by atoms with E-state index < -0.39 is 0 Å². The molecular formula is C21H18N4O2S2. The maximum Gasteiger partial charge on any atom is 0.269 e. The van der Waals surface area contributed by atoms with Gasteiger partial charge in [-0.25, -0.2) is 9.97 Å². The number of hydrogen-bond acceptors (Lipinski definition) is 7. The van der Waals surface area contributed by atoms with Gasteiger partial charge in [0.05, 0.1) is 18.5 Å².